The maximum atomic E-state index is 5.77. The summed E-state index contributed by atoms with van der Waals surface area (Å²) in [5.41, 5.74) is 1.84. The van der Waals surface area contributed by atoms with Crippen LogP contribution in [-0.4, -0.2) is 22.0 Å². The molecule has 0 amide bonds. The van der Waals surface area contributed by atoms with Gasteiger partial charge in [0.25, 0.3) is 0 Å². The largest absolute Gasteiger partial charge is 0.438 e. The van der Waals surface area contributed by atoms with E-state index in [0.29, 0.717) is 5.88 Å². The molecule has 0 spiro atoms. The lowest BCUT2D eigenvalue weighted by Crippen LogP contribution is -1.92. The molecule has 0 saturated heterocycles. The van der Waals surface area contributed by atoms with E-state index in [4.69, 9.17) is 4.74 Å². The van der Waals surface area contributed by atoms with Crippen LogP contribution in [0.3, 0.4) is 0 Å². The van der Waals surface area contributed by atoms with E-state index in [1.807, 2.05) is 37.4 Å². The minimum atomic E-state index is 0.510. The number of aromatic nitrogens is 3. The zero-order valence-electron chi connectivity index (χ0n) is 10.4. The predicted octanol–water partition coefficient (Wildman–Crippen LogP) is 2.86. The highest BCUT2D eigenvalue weighted by Gasteiger charge is 2.05. The monoisotopic (exact) mass is 252 g/mol. The molecule has 0 aliphatic heterocycles. The van der Waals surface area contributed by atoms with Crippen LogP contribution in [0.1, 0.15) is 0 Å². The second-order valence-electron chi connectivity index (χ2n) is 3.95. The molecule has 0 unspecified atom stereocenters. The van der Waals surface area contributed by atoms with Crippen LogP contribution in [0.4, 0.5) is 5.69 Å². The van der Waals surface area contributed by atoms with Gasteiger partial charge in [-0.2, -0.15) is 0 Å². The molecule has 0 aliphatic rings. The highest BCUT2D eigenvalue weighted by atomic mass is 16.5. The van der Waals surface area contributed by atoms with Gasteiger partial charge in [0.2, 0.25) is 5.88 Å². The minimum Gasteiger partial charge on any atom is -0.438 e. The Morgan fingerprint density at radius 2 is 1.89 bits per heavy atom. The van der Waals surface area contributed by atoms with E-state index >= 15 is 0 Å². The smallest absolute Gasteiger partial charge is 0.231 e. The molecule has 3 aromatic rings. The van der Waals surface area contributed by atoms with E-state index in [-0.39, 0.29) is 0 Å². The van der Waals surface area contributed by atoms with E-state index in [0.717, 1.165) is 22.3 Å². The van der Waals surface area contributed by atoms with Gasteiger partial charge in [-0.15, -0.1) is 0 Å². The molecule has 0 aliphatic carbocycles. The Labute approximate surface area is 110 Å². The summed E-state index contributed by atoms with van der Waals surface area (Å²) >= 11 is 0. The van der Waals surface area contributed by atoms with Crippen LogP contribution in [-0.2, 0) is 0 Å². The number of fused-ring (bicyclic) bond motifs is 1. The first-order valence-electron chi connectivity index (χ1n) is 5.87. The Bertz CT molecular complexity index is 692. The van der Waals surface area contributed by atoms with Crippen molar-refractivity contribution in [3.8, 4) is 11.6 Å². The fraction of sp³-hybridized carbons (Fsp3) is 0.0714. The van der Waals surface area contributed by atoms with Gasteiger partial charge in [0.15, 0.2) is 0 Å². The third-order valence-corrected chi connectivity index (χ3v) is 2.76. The number of pyridine rings is 1. The van der Waals surface area contributed by atoms with Crippen LogP contribution in [0.15, 0.2) is 49.1 Å². The van der Waals surface area contributed by atoms with Crippen LogP contribution in [0, 0.1) is 0 Å². The van der Waals surface area contributed by atoms with E-state index in [9.17, 15) is 0 Å². The first-order valence-corrected chi connectivity index (χ1v) is 5.87. The van der Waals surface area contributed by atoms with E-state index in [1.54, 1.807) is 12.4 Å². The lowest BCUT2D eigenvalue weighted by Gasteiger charge is -2.07. The second kappa shape index (κ2) is 4.89. The highest BCUT2D eigenvalue weighted by molar-refractivity contribution is 5.82. The summed E-state index contributed by atoms with van der Waals surface area (Å²) in [6, 6.07) is 9.48. The van der Waals surface area contributed by atoms with Gasteiger partial charge < -0.3 is 10.1 Å². The number of hydrogen-bond acceptors (Lipinski definition) is 5. The molecule has 0 atom stereocenters. The fourth-order valence-electron chi connectivity index (χ4n) is 1.76. The van der Waals surface area contributed by atoms with Crippen LogP contribution in [0.2, 0.25) is 0 Å². The molecule has 2 heterocycles. The number of nitrogens with zero attached hydrogens (tertiary/aromatic N) is 3. The first kappa shape index (κ1) is 11.4. The van der Waals surface area contributed by atoms with Crippen molar-refractivity contribution in [2.75, 3.05) is 12.4 Å². The summed E-state index contributed by atoms with van der Waals surface area (Å²) in [5, 5.41) is 3.85. The zero-order chi connectivity index (χ0) is 13.1. The van der Waals surface area contributed by atoms with Crippen LogP contribution in [0.5, 0.6) is 11.6 Å². The van der Waals surface area contributed by atoms with Gasteiger partial charge >= 0.3 is 0 Å². The maximum Gasteiger partial charge on any atom is 0.231 e. The van der Waals surface area contributed by atoms with Gasteiger partial charge in [-0.05, 0) is 30.3 Å². The van der Waals surface area contributed by atoms with Crippen molar-refractivity contribution in [2.24, 2.45) is 0 Å². The number of ether oxygens (including phenoxy) is 1. The lowest BCUT2D eigenvalue weighted by atomic mass is 10.3. The number of rotatable bonds is 3. The summed E-state index contributed by atoms with van der Waals surface area (Å²) in [6.07, 6.45) is 4.88. The third kappa shape index (κ3) is 2.30. The Morgan fingerprint density at radius 1 is 1.05 bits per heavy atom. The third-order valence-electron chi connectivity index (χ3n) is 2.76. The average molecular weight is 252 g/mol. The normalized spacial score (nSPS) is 10.4. The molecule has 0 bridgehead atoms. The molecule has 3 rings (SSSR count). The molecule has 1 N–H and O–H groups in total. The summed E-state index contributed by atoms with van der Waals surface area (Å²) in [5.74, 6) is 1.23. The molecule has 2 aromatic heterocycles. The van der Waals surface area contributed by atoms with Crippen molar-refractivity contribution in [3.63, 3.8) is 0 Å². The molecule has 19 heavy (non-hydrogen) atoms. The van der Waals surface area contributed by atoms with E-state index in [2.05, 4.69) is 20.3 Å². The second-order valence-corrected chi connectivity index (χ2v) is 3.95. The van der Waals surface area contributed by atoms with Crippen molar-refractivity contribution in [3.05, 3.63) is 49.1 Å². The molecule has 0 fully saturated rings. The lowest BCUT2D eigenvalue weighted by molar-refractivity contribution is 0.468. The molecule has 94 valence electrons. The van der Waals surface area contributed by atoms with Crippen LogP contribution >= 0.6 is 0 Å². The predicted molar refractivity (Wildman–Crippen MR) is 73.4 cm³/mol. The SMILES string of the molecule is CNc1ccc(Oc2ncnc3ccncc23)cc1. The van der Waals surface area contributed by atoms with Gasteiger partial charge in [-0.1, -0.05) is 0 Å². The zero-order valence-corrected chi connectivity index (χ0v) is 10.4. The van der Waals surface area contributed by atoms with Crippen LogP contribution < -0.4 is 10.1 Å². The van der Waals surface area contributed by atoms with Crippen molar-refractivity contribution in [2.45, 2.75) is 0 Å². The Hall–Kier alpha value is -2.69. The van der Waals surface area contributed by atoms with Gasteiger partial charge in [0.05, 0.1) is 10.9 Å². The molecule has 5 heteroatoms. The summed E-state index contributed by atoms with van der Waals surface area (Å²) in [7, 11) is 1.87. The molecule has 0 saturated carbocycles. The minimum absolute atomic E-state index is 0.510. The Balaban J connectivity index is 1.96. The first-order chi connectivity index (χ1) is 9.36. The fourth-order valence-corrected chi connectivity index (χ4v) is 1.76. The van der Waals surface area contributed by atoms with Crippen molar-refractivity contribution < 1.29 is 4.74 Å². The topological polar surface area (TPSA) is 59.9 Å². The summed E-state index contributed by atoms with van der Waals surface area (Å²) in [6.45, 7) is 0. The number of nitrogens with one attached hydrogen (secondary N) is 1. The summed E-state index contributed by atoms with van der Waals surface area (Å²) in [4.78, 5) is 12.4. The van der Waals surface area contributed by atoms with Gasteiger partial charge in [-0.25, -0.2) is 9.97 Å². The van der Waals surface area contributed by atoms with Crippen molar-refractivity contribution in [1.82, 2.24) is 15.0 Å². The van der Waals surface area contributed by atoms with E-state index < -0.39 is 0 Å². The maximum absolute atomic E-state index is 5.77. The molecule has 1 aromatic carbocycles. The molecule has 5 nitrogen and oxygen atoms in total. The quantitative estimate of drug-likeness (QED) is 0.776. The van der Waals surface area contributed by atoms with E-state index in [1.165, 1.54) is 6.33 Å². The standard InChI is InChI=1S/C14H12N4O/c1-15-10-2-4-11(5-3-10)19-14-12-8-16-7-6-13(12)17-9-18-14/h2-9,15H,1H3. The van der Waals surface area contributed by atoms with Crippen molar-refractivity contribution >= 4 is 16.6 Å². The highest BCUT2D eigenvalue weighted by Crippen LogP contribution is 2.26. The number of benzene rings is 1. The molecular formula is C14H12N4O. The Morgan fingerprint density at radius 3 is 2.68 bits per heavy atom. The van der Waals surface area contributed by atoms with Crippen LogP contribution in [0.25, 0.3) is 10.9 Å². The molecule has 0 radical (unpaired) electrons. The number of hydrogen-bond donors (Lipinski definition) is 1. The van der Waals surface area contributed by atoms with Crippen molar-refractivity contribution in [1.29, 1.82) is 0 Å². The molecular weight excluding hydrogens is 240 g/mol. The van der Waals surface area contributed by atoms with Gasteiger partial charge in [0.1, 0.15) is 12.1 Å². The Kier molecular flexibility index (Phi) is 2.94. The van der Waals surface area contributed by atoms with Gasteiger partial charge in [0, 0.05) is 25.1 Å². The average Bonchev–Trinajstić information content (AvgIpc) is 2.48. The number of anilines is 1. The summed E-state index contributed by atoms with van der Waals surface area (Å²) < 4.78 is 5.77. The van der Waals surface area contributed by atoms with Gasteiger partial charge in [-0.3, -0.25) is 4.98 Å².